The van der Waals surface area contributed by atoms with Crippen molar-refractivity contribution in [3.63, 3.8) is 0 Å². The number of anilines is 1. The van der Waals surface area contributed by atoms with Crippen molar-refractivity contribution in [3.8, 4) is 11.5 Å². The van der Waals surface area contributed by atoms with E-state index in [1.165, 1.54) is 0 Å². The van der Waals surface area contributed by atoms with Gasteiger partial charge in [-0.15, -0.1) is 0 Å². The van der Waals surface area contributed by atoms with Gasteiger partial charge in [0.25, 0.3) is 0 Å². The summed E-state index contributed by atoms with van der Waals surface area (Å²) in [4.78, 5) is 11.2. The van der Waals surface area contributed by atoms with Crippen LogP contribution in [0.5, 0.6) is 11.5 Å². The van der Waals surface area contributed by atoms with Crippen LogP contribution in [0.1, 0.15) is 13.8 Å². The van der Waals surface area contributed by atoms with E-state index in [0.717, 1.165) is 54.4 Å². The topological polar surface area (TPSA) is 59.5 Å². The largest absolute Gasteiger partial charge is 0.490 e. The average Bonchev–Trinajstić information content (AvgIpc) is 2.56. The number of hydrogen-bond donors (Lipinski definition) is 1. The molecule has 1 N–H and O–H groups in total. The fraction of sp³-hybridized carbons (Fsp3) is 0.500. The molecule has 1 fully saturated rings. The maximum Gasteiger partial charge on any atom is 0.163 e. The molecule has 1 aliphatic heterocycles. The van der Waals surface area contributed by atoms with Gasteiger partial charge in [0.1, 0.15) is 12.1 Å². The van der Waals surface area contributed by atoms with Crippen LogP contribution in [-0.4, -0.2) is 49.4 Å². The van der Waals surface area contributed by atoms with Gasteiger partial charge in [0.2, 0.25) is 0 Å². The van der Waals surface area contributed by atoms with Crippen LogP contribution in [0, 0.1) is 0 Å². The van der Waals surface area contributed by atoms with Gasteiger partial charge in [0.15, 0.2) is 11.5 Å². The number of nitrogens with one attached hydrogen (secondary N) is 1. The lowest BCUT2D eigenvalue weighted by Crippen LogP contribution is -2.44. The van der Waals surface area contributed by atoms with Crippen molar-refractivity contribution in [2.75, 3.05) is 44.3 Å². The second-order valence-electron chi connectivity index (χ2n) is 5.12. The highest BCUT2D eigenvalue weighted by molar-refractivity contribution is 5.92. The Balaban J connectivity index is 2.07. The average molecular weight is 302 g/mol. The summed E-state index contributed by atoms with van der Waals surface area (Å²) in [6, 6.07) is 3.94. The molecule has 1 aliphatic rings. The van der Waals surface area contributed by atoms with Crippen LogP contribution in [0.15, 0.2) is 18.5 Å². The first kappa shape index (κ1) is 14.8. The van der Waals surface area contributed by atoms with Gasteiger partial charge in [-0.1, -0.05) is 0 Å². The molecule has 0 unspecified atom stereocenters. The van der Waals surface area contributed by atoms with E-state index in [4.69, 9.17) is 9.47 Å². The number of fused-ring (bicyclic) bond motifs is 1. The van der Waals surface area contributed by atoms with E-state index < -0.39 is 0 Å². The first-order valence-electron chi connectivity index (χ1n) is 7.83. The summed E-state index contributed by atoms with van der Waals surface area (Å²) in [6.45, 7) is 8.97. The van der Waals surface area contributed by atoms with Gasteiger partial charge in [-0.05, 0) is 19.9 Å². The fourth-order valence-electron chi connectivity index (χ4n) is 2.72. The summed E-state index contributed by atoms with van der Waals surface area (Å²) in [7, 11) is 0. The van der Waals surface area contributed by atoms with Crippen molar-refractivity contribution in [2.24, 2.45) is 0 Å². The molecule has 0 amide bonds. The normalized spacial score (nSPS) is 15.1. The molecular formula is C16H22N4O2. The molecule has 6 nitrogen and oxygen atoms in total. The molecule has 2 aromatic rings. The van der Waals surface area contributed by atoms with E-state index in [0.29, 0.717) is 13.2 Å². The summed E-state index contributed by atoms with van der Waals surface area (Å²) in [5, 5.41) is 4.37. The molecule has 3 rings (SSSR count). The number of nitrogens with zero attached hydrogens (tertiary/aromatic N) is 3. The zero-order valence-corrected chi connectivity index (χ0v) is 13.1. The second kappa shape index (κ2) is 6.79. The highest BCUT2D eigenvalue weighted by Gasteiger charge is 2.17. The van der Waals surface area contributed by atoms with Crippen molar-refractivity contribution < 1.29 is 9.47 Å². The van der Waals surface area contributed by atoms with Gasteiger partial charge in [-0.3, -0.25) is 0 Å². The predicted octanol–water partition coefficient (Wildman–Crippen LogP) is 1.84. The van der Waals surface area contributed by atoms with E-state index in [1.807, 2.05) is 26.0 Å². The molecule has 0 saturated carbocycles. The Bertz CT molecular complexity index is 641. The van der Waals surface area contributed by atoms with Gasteiger partial charge in [0.05, 0.1) is 18.7 Å². The third-order valence-corrected chi connectivity index (χ3v) is 3.70. The van der Waals surface area contributed by atoms with Crippen LogP contribution in [-0.2, 0) is 0 Å². The molecular weight excluding hydrogens is 280 g/mol. The van der Waals surface area contributed by atoms with Crippen molar-refractivity contribution in [1.82, 2.24) is 15.3 Å². The van der Waals surface area contributed by atoms with Crippen molar-refractivity contribution in [1.29, 1.82) is 0 Å². The van der Waals surface area contributed by atoms with E-state index in [-0.39, 0.29) is 0 Å². The van der Waals surface area contributed by atoms with Gasteiger partial charge < -0.3 is 19.7 Å². The van der Waals surface area contributed by atoms with Crippen LogP contribution < -0.4 is 19.7 Å². The highest BCUT2D eigenvalue weighted by Crippen LogP contribution is 2.35. The van der Waals surface area contributed by atoms with Gasteiger partial charge in [-0.2, -0.15) is 0 Å². The Morgan fingerprint density at radius 3 is 2.41 bits per heavy atom. The van der Waals surface area contributed by atoms with Crippen LogP contribution >= 0.6 is 0 Å². The lowest BCUT2D eigenvalue weighted by molar-refractivity contribution is 0.288. The first-order valence-corrected chi connectivity index (χ1v) is 7.83. The Labute approximate surface area is 130 Å². The molecule has 0 bridgehead atoms. The van der Waals surface area contributed by atoms with Crippen LogP contribution in [0.4, 0.5) is 5.82 Å². The van der Waals surface area contributed by atoms with E-state index in [9.17, 15) is 0 Å². The predicted molar refractivity (Wildman–Crippen MR) is 87.0 cm³/mol. The molecule has 0 spiro atoms. The summed E-state index contributed by atoms with van der Waals surface area (Å²) in [5.74, 6) is 2.46. The Morgan fingerprint density at radius 1 is 1.05 bits per heavy atom. The lowest BCUT2D eigenvalue weighted by Gasteiger charge is -2.29. The molecule has 1 aromatic carbocycles. The van der Waals surface area contributed by atoms with E-state index >= 15 is 0 Å². The summed E-state index contributed by atoms with van der Waals surface area (Å²) in [6.07, 6.45) is 1.62. The molecule has 6 heteroatoms. The van der Waals surface area contributed by atoms with Crippen LogP contribution in [0.2, 0.25) is 0 Å². The molecule has 1 saturated heterocycles. The molecule has 0 atom stereocenters. The minimum Gasteiger partial charge on any atom is -0.490 e. The number of piperazine rings is 1. The number of rotatable bonds is 5. The van der Waals surface area contributed by atoms with Gasteiger partial charge in [-0.25, -0.2) is 9.97 Å². The second-order valence-corrected chi connectivity index (χ2v) is 5.12. The SMILES string of the molecule is CCOc1cc2ncnc(N3CCNCC3)c2cc1OCC. The summed E-state index contributed by atoms with van der Waals surface area (Å²) >= 11 is 0. The molecule has 1 aromatic heterocycles. The van der Waals surface area contributed by atoms with E-state index in [1.54, 1.807) is 6.33 Å². The summed E-state index contributed by atoms with van der Waals surface area (Å²) in [5.41, 5.74) is 0.885. The molecule has 0 radical (unpaired) electrons. The van der Waals surface area contributed by atoms with Gasteiger partial charge >= 0.3 is 0 Å². The quantitative estimate of drug-likeness (QED) is 0.909. The zero-order chi connectivity index (χ0) is 15.4. The zero-order valence-electron chi connectivity index (χ0n) is 13.1. The van der Waals surface area contributed by atoms with Gasteiger partial charge in [0, 0.05) is 37.6 Å². The maximum absolute atomic E-state index is 5.73. The van der Waals surface area contributed by atoms with Crippen molar-refractivity contribution >= 4 is 16.7 Å². The van der Waals surface area contributed by atoms with Crippen molar-refractivity contribution in [2.45, 2.75) is 13.8 Å². The van der Waals surface area contributed by atoms with E-state index in [2.05, 4.69) is 20.2 Å². The Hall–Kier alpha value is -2.08. The van der Waals surface area contributed by atoms with Crippen molar-refractivity contribution in [3.05, 3.63) is 18.5 Å². The molecule has 0 aliphatic carbocycles. The fourth-order valence-corrected chi connectivity index (χ4v) is 2.72. The molecule has 22 heavy (non-hydrogen) atoms. The minimum atomic E-state index is 0.599. The number of benzene rings is 1. The number of hydrogen-bond acceptors (Lipinski definition) is 6. The smallest absolute Gasteiger partial charge is 0.163 e. The van der Waals surface area contributed by atoms with Crippen LogP contribution in [0.3, 0.4) is 0 Å². The highest BCUT2D eigenvalue weighted by atomic mass is 16.5. The standard InChI is InChI=1S/C16H22N4O2/c1-3-21-14-9-12-13(10-15(14)22-4-2)18-11-19-16(12)20-7-5-17-6-8-20/h9-11,17H,3-8H2,1-2H3. The summed E-state index contributed by atoms with van der Waals surface area (Å²) < 4.78 is 11.4. The molecule has 118 valence electrons. The maximum atomic E-state index is 5.73. The number of ether oxygens (including phenoxy) is 2. The monoisotopic (exact) mass is 302 g/mol. The third kappa shape index (κ3) is 2.92. The Kier molecular flexibility index (Phi) is 4.58. The van der Waals surface area contributed by atoms with Crippen LogP contribution in [0.25, 0.3) is 10.9 Å². The Morgan fingerprint density at radius 2 is 1.73 bits per heavy atom. The molecule has 2 heterocycles. The lowest BCUT2D eigenvalue weighted by atomic mass is 10.2. The number of aromatic nitrogens is 2. The third-order valence-electron chi connectivity index (χ3n) is 3.70. The minimum absolute atomic E-state index is 0.599. The first-order chi connectivity index (χ1) is 10.8.